The summed E-state index contributed by atoms with van der Waals surface area (Å²) in [6.07, 6.45) is 8.29. The second-order valence-corrected chi connectivity index (χ2v) is 14.4. The van der Waals surface area contributed by atoms with Gasteiger partial charge in [0.1, 0.15) is 6.23 Å². The molecule has 0 aromatic rings. The predicted molar refractivity (Wildman–Crippen MR) is 166 cm³/mol. The Labute approximate surface area is 259 Å². The Morgan fingerprint density at radius 2 is 1.98 bits per heavy atom. The van der Waals surface area contributed by atoms with Crippen LogP contribution >= 0.6 is 0 Å². The molecule has 5 fully saturated rings. The fourth-order valence-electron chi connectivity index (χ4n) is 7.82. The molecular weight excluding hydrogens is 548 g/mol. The van der Waals surface area contributed by atoms with E-state index in [2.05, 4.69) is 44.9 Å². The number of aliphatic hydroxyl groups excluding tert-OH is 1. The van der Waals surface area contributed by atoms with E-state index in [1.807, 2.05) is 14.1 Å². The van der Waals surface area contributed by atoms with Crippen LogP contribution in [0.3, 0.4) is 0 Å². The van der Waals surface area contributed by atoms with Gasteiger partial charge in [0, 0.05) is 44.2 Å². The quantitative estimate of drug-likeness (QED) is 0.195. The maximum atomic E-state index is 13.3. The number of amides is 1. The number of carbonyl (C=O) groups excluding carboxylic acids is 1. The van der Waals surface area contributed by atoms with Gasteiger partial charge in [0.2, 0.25) is 5.91 Å². The summed E-state index contributed by atoms with van der Waals surface area (Å²) < 4.78 is 18.3. The lowest BCUT2D eigenvalue weighted by Crippen LogP contribution is -2.59. The van der Waals surface area contributed by atoms with Crippen molar-refractivity contribution < 1.29 is 24.1 Å². The summed E-state index contributed by atoms with van der Waals surface area (Å²) in [6.45, 7) is 10.2. The molecule has 9 unspecified atom stereocenters. The molecule has 2 saturated carbocycles. The average Bonchev–Trinajstić information content (AvgIpc) is 3.37. The van der Waals surface area contributed by atoms with E-state index in [0.717, 1.165) is 38.9 Å². The minimum absolute atomic E-state index is 0.0289. The molecule has 0 aromatic heterocycles. The van der Waals surface area contributed by atoms with E-state index >= 15 is 0 Å². The zero-order valence-corrected chi connectivity index (χ0v) is 27.1. The molecule has 0 radical (unpaired) electrons. The molecule has 43 heavy (non-hydrogen) atoms. The van der Waals surface area contributed by atoms with Crippen molar-refractivity contribution in [2.75, 3.05) is 66.8 Å². The number of piperidine rings is 2. The number of nitrogens with one attached hydrogen (secondary N) is 4. The molecule has 10 atom stereocenters. The summed E-state index contributed by atoms with van der Waals surface area (Å²) >= 11 is 0. The molecule has 2 aliphatic carbocycles. The topological polar surface area (TPSA) is 120 Å². The second-order valence-electron chi connectivity index (χ2n) is 14.4. The first-order valence-corrected chi connectivity index (χ1v) is 17.2. The Morgan fingerprint density at radius 1 is 1.14 bits per heavy atom. The molecule has 11 nitrogen and oxygen atoms in total. The van der Waals surface area contributed by atoms with E-state index in [4.69, 9.17) is 14.2 Å². The van der Waals surface area contributed by atoms with Crippen molar-refractivity contribution >= 4 is 5.91 Å². The van der Waals surface area contributed by atoms with Crippen molar-refractivity contribution in [3.8, 4) is 0 Å². The Kier molecular flexibility index (Phi) is 12.5. The van der Waals surface area contributed by atoms with Crippen LogP contribution in [0.5, 0.6) is 0 Å². The SMILES string of the molecule is CC1NCOC1COC1CCC2CN(C[C@@H](O)CNC(=O)C3CC(NC4CCC4)NC(OCCN(C)C)C3)CCC2C1C. The molecule has 3 aliphatic heterocycles. The molecule has 1 amide bonds. The van der Waals surface area contributed by atoms with E-state index in [1.165, 1.54) is 25.7 Å². The van der Waals surface area contributed by atoms with E-state index in [9.17, 15) is 9.90 Å². The third-order valence-electron chi connectivity index (χ3n) is 10.9. The monoisotopic (exact) mass is 608 g/mol. The molecule has 248 valence electrons. The normalized spacial score (nSPS) is 38.0. The number of hydrogen-bond donors (Lipinski definition) is 5. The van der Waals surface area contributed by atoms with Crippen molar-refractivity contribution in [1.82, 2.24) is 31.1 Å². The molecule has 11 heteroatoms. The number of nitrogens with zero attached hydrogens (tertiary/aromatic N) is 2. The summed E-state index contributed by atoms with van der Waals surface area (Å²) in [4.78, 5) is 17.8. The summed E-state index contributed by atoms with van der Waals surface area (Å²) in [5.74, 6) is 1.75. The van der Waals surface area contributed by atoms with Crippen LogP contribution in [-0.2, 0) is 19.0 Å². The predicted octanol–water partition coefficient (Wildman–Crippen LogP) is 0.923. The van der Waals surface area contributed by atoms with Gasteiger partial charge < -0.3 is 34.4 Å². The summed E-state index contributed by atoms with van der Waals surface area (Å²) in [7, 11) is 4.07. The first kappa shape index (κ1) is 33.5. The van der Waals surface area contributed by atoms with Gasteiger partial charge in [0.05, 0.1) is 44.4 Å². The zero-order chi connectivity index (χ0) is 30.3. The largest absolute Gasteiger partial charge is 0.390 e. The number of likely N-dealkylation sites (N-methyl/N-ethyl adjacent to an activating group) is 1. The highest BCUT2D eigenvalue weighted by Crippen LogP contribution is 2.41. The van der Waals surface area contributed by atoms with E-state index in [1.54, 1.807) is 0 Å². The van der Waals surface area contributed by atoms with Gasteiger partial charge in [-0.2, -0.15) is 0 Å². The number of aliphatic hydroxyl groups is 1. The van der Waals surface area contributed by atoms with Crippen LogP contribution in [0.2, 0.25) is 0 Å². The lowest BCUT2D eigenvalue weighted by Gasteiger charge is -2.47. The number of rotatable bonds is 14. The molecule has 5 aliphatic rings. The number of ether oxygens (including phenoxy) is 3. The summed E-state index contributed by atoms with van der Waals surface area (Å²) in [6, 6.07) is 0.881. The number of fused-ring (bicyclic) bond motifs is 1. The van der Waals surface area contributed by atoms with Crippen molar-refractivity contribution in [1.29, 1.82) is 0 Å². The molecule has 3 heterocycles. The maximum absolute atomic E-state index is 13.3. The van der Waals surface area contributed by atoms with Crippen molar-refractivity contribution in [2.45, 2.75) is 108 Å². The Hall–Kier alpha value is -0.890. The molecule has 5 rings (SSSR count). The summed E-state index contributed by atoms with van der Waals surface area (Å²) in [5, 5.41) is 24.6. The standard InChI is InChI=1S/C32H60N6O5/c1-21-27-10-11-38(17-23(27)8-9-28(21)42-19-29-22(2)34-20-43-29)18-26(39)16-33-32(40)24-14-30(35-25-6-5-7-25)36-31(15-24)41-13-12-37(3)4/h21-31,34-36,39H,5-20H2,1-4H3,(H,33,40)/t21?,22?,23?,24?,26-,27?,28?,29?,30?,31?/m0/s1. The lowest BCUT2D eigenvalue weighted by molar-refractivity contribution is -0.130. The van der Waals surface area contributed by atoms with Crippen molar-refractivity contribution in [3.05, 3.63) is 0 Å². The van der Waals surface area contributed by atoms with Crippen LogP contribution in [0.1, 0.15) is 65.2 Å². The molecule has 3 saturated heterocycles. The van der Waals surface area contributed by atoms with Gasteiger partial charge in [0.15, 0.2) is 0 Å². The minimum Gasteiger partial charge on any atom is -0.390 e. The average molecular weight is 609 g/mol. The fourth-order valence-corrected chi connectivity index (χ4v) is 7.82. The lowest BCUT2D eigenvalue weighted by atomic mass is 9.68. The molecular formula is C32H60N6O5. The van der Waals surface area contributed by atoms with Crippen LogP contribution in [0.15, 0.2) is 0 Å². The fraction of sp³-hybridized carbons (Fsp3) is 0.969. The third-order valence-corrected chi connectivity index (χ3v) is 10.9. The van der Waals surface area contributed by atoms with Crippen LogP contribution in [0, 0.1) is 23.7 Å². The van der Waals surface area contributed by atoms with Crippen molar-refractivity contribution in [2.24, 2.45) is 23.7 Å². The highest BCUT2D eigenvalue weighted by atomic mass is 16.6. The van der Waals surface area contributed by atoms with Crippen molar-refractivity contribution in [3.63, 3.8) is 0 Å². The zero-order valence-electron chi connectivity index (χ0n) is 27.1. The van der Waals surface area contributed by atoms with Gasteiger partial charge in [-0.3, -0.25) is 20.7 Å². The highest BCUT2D eigenvalue weighted by molar-refractivity contribution is 5.78. The maximum Gasteiger partial charge on any atom is 0.223 e. The number of carbonyl (C=O) groups is 1. The van der Waals surface area contributed by atoms with Gasteiger partial charge in [-0.1, -0.05) is 13.3 Å². The first-order chi connectivity index (χ1) is 20.7. The van der Waals surface area contributed by atoms with Gasteiger partial charge in [-0.25, -0.2) is 0 Å². The van der Waals surface area contributed by atoms with Crippen LogP contribution < -0.4 is 21.3 Å². The number of hydrogen-bond acceptors (Lipinski definition) is 10. The van der Waals surface area contributed by atoms with Gasteiger partial charge in [-0.15, -0.1) is 0 Å². The van der Waals surface area contributed by atoms with E-state index in [0.29, 0.717) is 75.4 Å². The van der Waals surface area contributed by atoms with Crippen LogP contribution in [-0.4, -0.2) is 130 Å². The molecule has 0 aromatic carbocycles. The number of β-amino-alcohol motifs (C(OH)–C–C–N with tert-alkyl or cyclic N) is 1. The smallest absolute Gasteiger partial charge is 0.223 e. The Balaban J connectivity index is 1.02. The first-order valence-electron chi connectivity index (χ1n) is 17.2. The highest BCUT2D eigenvalue weighted by Gasteiger charge is 2.41. The Bertz CT molecular complexity index is 864. The molecule has 0 bridgehead atoms. The van der Waals surface area contributed by atoms with Gasteiger partial charge >= 0.3 is 0 Å². The Morgan fingerprint density at radius 3 is 2.70 bits per heavy atom. The molecule has 5 N–H and O–H groups in total. The van der Waals surface area contributed by atoms with Gasteiger partial charge in [0.25, 0.3) is 0 Å². The van der Waals surface area contributed by atoms with Crippen LogP contribution in [0.4, 0.5) is 0 Å². The minimum atomic E-state index is -0.572. The third kappa shape index (κ3) is 9.56. The van der Waals surface area contributed by atoms with E-state index in [-0.39, 0.29) is 30.3 Å². The molecule has 0 spiro atoms. The van der Waals surface area contributed by atoms with Gasteiger partial charge in [-0.05, 0) is 90.3 Å². The van der Waals surface area contributed by atoms with E-state index < -0.39 is 6.10 Å². The van der Waals surface area contributed by atoms with Crippen LogP contribution in [0.25, 0.3) is 0 Å². The second kappa shape index (κ2) is 16.1. The number of likely N-dealkylation sites (tertiary alicyclic amines) is 1. The summed E-state index contributed by atoms with van der Waals surface area (Å²) in [5.41, 5.74) is 0.